The lowest BCUT2D eigenvalue weighted by Crippen LogP contribution is -2.86. The number of rotatable bonds is 7. The number of ether oxygens (including phenoxy) is 1. The lowest BCUT2D eigenvalue weighted by Gasteiger charge is -2.36. The number of benzene rings is 1. The second-order valence-electron chi connectivity index (χ2n) is 7.35. The highest BCUT2D eigenvalue weighted by molar-refractivity contribution is 8.13. The average molecular weight is 365 g/mol. The zero-order chi connectivity index (χ0) is 18.3. The molecule has 2 N–H and O–H groups in total. The van der Waals surface area contributed by atoms with Gasteiger partial charge in [0.2, 0.25) is 0 Å². The first-order chi connectivity index (χ1) is 11.9. The second-order valence-corrected chi connectivity index (χ2v) is 8.55. The molecule has 0 radical (unpaired) electrons. The van der Waals surface area contributed by atoms with E-state index in [1.807, 2.05) is 44.2 Å². The van der Waals surface area contributed by atoms with Crippen molar-refractivity contribution in [2.45, 2.75) is 45.6 Å². The summed E-state index contributed by atoms with van der Waals surface area (Å²) in [5.41, 5.74) is 0.639. The highest BCUT2D eigenvalue weighted by atomic mass is 32.2. The summed E-state index contributed by atoms with van der Waals surface area (Å²) in [6.45, 7) is 7.79. The van der Waals surface area contributed by atoms with Gasteiger partial charge >= 0.3 is 5.97 Å². The van der Waals surface area contributed by atoms with E-state index in [0.29, 0.717) is 18.1 Å². The number of hydrogen-bond donors (Lipinski definition) is 1. The van der Waals surface area contributed by atoms with Crippen LogP contribution in [-0.2, 0) is 20.7 Å². The maximum absolute atomic E-state index is 12.9. The summed E-state index contributed by atoms with van der Waals surface area (Å²) in [4.78, 5) is 24.2. The molecule has 1 unspecified atom stereocenters. The van der Waals surface area contributed by atoms with Crippen LogP contribution in [0.2, 0.25) is 0 Å². The van der Waals surface area contributed by atoms with Gasteiger partial charge in [-0.2, -0.15) is 0 Å². The molecule has 1 aliphatic rings. The van der Waals surface area contributed by atoms with Crippen LogP contribution in [0.4, 0.5) is 0 Å². The Morgan fingerprint density at radius 2 is 1.88 bits per heavy atom. The molecule has 4 nitrogen and oxygen atoms in total. The zero-order valence-corrected chi connectivity index (χ0v) is 16.3. The third-order valence-corrected chi connectivity index (χ3v) is 5.91. The number of nitrogens with two attached hydrogens (primary N) is 1. The highest BCUT2D eigenvalue weighted by Gasteiger charge is 2.37. The third-order valence-electron chi connectivity index (χ3n) is 4.93. The lowest BCUT2D eigenvalue weighted by atomic mass is 9.83. The molecule has 138 valence electrons. The van der Waals surface area contributed by atoms with Crippen molar-refractivity contribution >= 4 is 22.8 Å². The molecule has 0 aliphatic carbocycles. The summed E-state index contributed by atoms with van der Waals surface area (Å²) in [7, 11) is 0. The van der Waals surface area contributed by atoms with E-state index in [9.17, 15) is 9.59 Å². The Bertz CT molecular complexity index is 568. The molecule has 0 amide bonds. The topological polar surface area (TPSA) is 60.0 Å². The molecule has 1 aromatic rings. The monoisotopic (exact) mass is 364 g/mol. The molecule has 5 heteroatoms. The van der Waals surface area contributed by atoms with Gasteiger partial charge in [0.1, 0.15) is 5.60 Å². The normalized spacial score (nSPS) is 17.1. The number of thioether (sulfide) groups is 1. The van der Waals surface area contributed by atoms with Crippen molar-refractivity contribution in [1.82, 2.24) is 0 Å². The number of carbonyl (C=O) groups is 2. The SMILES string of the molecule is CC(=O)SCC(Cc1ccccc1)C(=O)OC(C)(C)C1CC[NH2+]CC1. The van der Waals surface area contributed by atoms with E-state index in [2.05, 4.69) is 5.32 Å². The molecule has 0 saturated carbocycles. The Labute approximate surface area is 155 Å². The molecular weight excluding hydrogens is 334 g/mol. The van der Waals surface area contributed by atoms with Crippen LogP contribution < -0.4 is 5.32 Å². The number of quaternary nitrogens is 1. The van der Waals surface area contributed by atoms with Crippen molar-refractivity contribution in [2.24, 2.45) is 11.8 Å². The molecule has 1 aliphatic heterocycles. The van der Waals surface area contributed by atoms with Gasteiger partial charge in [0.15, 0.2) is 5.12 Å². The molecule has 1 atom stereocenters. The molecule has 1 aromatic carbocycles. The fourth-order valence-electron chi connectivity index (χ4n) is 3.37. The van der Waals surface area contributed by atoms with Crippen molar-refractivity contribution in [3.63, 3.8) is 0 Å². The molecule has 25 heavy (non-hydrogen) atoms. The molecule has 0 bridgehead atoms. The predicted octanol–water partition coefficient (Wildman–Crippen LogP) is 2.42. The largest absolute Gasteiger partial charge is 0.459 e. The number of piperidine rings is 1. The molecule has 1 fully saturated rings. The van der Waals surface area contributed by atoms with Crippen LogP contribution in [0.15, 0.2) is 30.3 Å². The van der Waals surface area contributed by atoms with Gasteiger partial charge in [0.05, 0.1) is 19.0 Å². The second kappa shape index (κ2) is 9.39. The summed E-state index contributed by atoms with van der Waals surface area (Å²) >= 11 is 1.20. The van der Waals surface area contributed by atoms with Gasteiger partial charge < -0.3 is 10.1 Å². The summed E-state index contributed by atoms with van der Waals surface area (Å²) in [5, 5.41) is 2.35. The highest BCUT2D eigenvalue weighted by Crippen LogP contribution is 2.30. The Kier molecular flexibility index (Phi) is 7.51. The van der Waals surface area contributed by atoms with E-state index in [-0.39, 0.29) is 17.0 Å². The van der Waals surface area contributed by atoms with Crippen molar-refractivity contribution in [1.29, 1.82) is 0 Å². The smallest absolute Gasteiger partial charge is 0.310 e. The molecule has 0 spiro atoms. The van der Waals surface area contributed by atoms with Crippen LogP contribution in [0, 0.1) is 11.8 Å². The van der Waals surface area contributed by atoms with Crippen LogP contribution >= 0.6 is 11.8 Å². The number of esters is 1. The van der Waals surface area contributed by atoms with Gasteiger partial charge in [0, 0.05) is 31.4 Å². The summed E-state index contributed by atoms with van der Waals surface area (Å²) in [5.74, 6) is 0.389. The summed E-state index contributed by atoms with van der Waals surface area (Å²) < 4.78 is 5.97. The Morgan fingerprint density at radius 1 is 1.24 bits per heavy atom. The van der Waals surface area contributed by atoms with E-state index in [4.69, 9.17) is 4.74 Å². The van der Waals surface area contributed by atoms with E-state index < -0.39 is 5.60 Å². The van der Waals surface area contributed by atoms with Crippen LogP contribution in [-0.4, -0.2) is 35.5 Å². The Hall–Kier alpha value is -1.33. The van der Waals surface area contributed by atoms with E-state index >= 15 is 0 Å². The Morgan fingerprint density at radius 3 is 2.48 bits per heavy atom. The first kappa shape index (κ1) is 20.0. The van der Waals surface area contributed by atoms with E-state index in [1.165, 1.54) is 18.7 Å². The fraction of sp³-hybridized carbons (Fsp3) is 0.600. The lowest BCUT2D eigenvalue weighted by molar-refractivity contribution is -0.665. The van der Waals surface area contributed by atoms with Crippen LogP contribution in [0.1, 0.15) is 39.2 Å². The van der Waals surface area contributed by atoms with E-state index in [1.54, 1.807) is 0 Å². The first-order valence-corrected chi connectivity index (χ1v) is 10.1. The van der Waals surface area contributed by atoms with Crippen LogP contribution in [0.3, 0.4) is 0 Å². The first-order valence-electron chi connectivity index (χ1n) is 9.10. The zero-order valence-electron chi connectivity index (χ0n) is 15.5. The quantitative estimate of drug-likeness (QED) is 0.755. The number of carbonyl (C=O) groups excluding carboxylic acids is 2. The third kappa shape index (κ3) is 6.48. The predicted molar refractivity (Wildman–Crippen MR) is 101 cm³/mol. The van der Waals surface area contributed by atoms with Crippen molar-refractivity contribution in [3.05, 3.63) is 35.9 Å². The fourth-order valence-corrected chi connectivity index (χ4v) is 4.06. The van der Waals surface area contributed by atoms with Gasteiger partial charge in [-0.25, -0.2) is 0 Å². The van der Waals surface area contributed by atoms with Gasteiger partial charge in [-0.3, -0.25) is 9.59 Å². The molecule has 1 saturated heterocycles. The molecular formula is C20H30NO3S+. The van der Waals surface area contributed by atoms with Gasteiger partial charge in [-0.1, -0.05) is 42.1 Å². The Balaban J connectivity index is 2.03. The van der Waals surface area contributed by atoms with Crippen LogP contribution in [0.25, 0.3) is 0 Å². The number of hydrogen-bond acceptors (Lipinski definition) is 4. The minimum atomic E-state index is -0.457. The van der Waals surface area contributed by atoms with Crippen molar-refractivity contribution in [3.8, 4) is 0 Å². The average Bonchev–Trinajstić information content (AvgIpc) is 2.59. The van der Waals surface area contributed by atoms with Gasteiger partial charge in [-0.05, 0) is 25.8 Å². The molecule has 2 rings (SSSR count). The standard InChI is InChI=1S/C20H29NO3S/c1-15(22)25-14-17(13-16-7-5-4-6-8-16)19(23)24-20(2,3)18-9-11-21-12-10-18/h4-8,17-18,21H,9-14H2,1-3H3/p+1. The maximum Gasteiger partial charge on any atom is 0.310 e. The van der Waals surface area contributed by atoms with E-state index in [0.717, 1.165) is 31.5 Å². The summed E-state index contributed by atoms with van der Waals surface area (Å²) in [6, 6.07) is 9.93. The van der Waals surface area contributed by atoms with Crippen molar-refractivity contribution in [2.75, 3.05) is 18.8 Å². The van der Waals surface area contributed by atoms with Crippen LogP contribution in [0.5, 0.6) is 0 Å². The molecule has 0 aromatic heterocycles. The van der Waals surface area contributed by atoms with Gasteiger partial charge in [-0.15, -0.1) is 0 Å². The maximum atomic E-state index is 12.9. The minimum Gasteiger partial charge on any atom is -0.459 e. The van der Waals surface area contributed by atoms with Crippen molar-refractivity contribution < 1.29 is 19.6 Å². The van der Waals surface area contributed by atoms with Gasteiger partial charge in [0.25, 0.3) is 0 Å². The summed E-state index contributed by atoms with van der Waals surface area (Å²) in [6.07, 6.45) is 2.76. The minimum absolute atomic E-state index is 0.0351. The molecule has 1 heterocycles.